The Kier molecular flexibility index (Phi) is 8.93. The number of hydrogen-bond acceptors (Lipinski definition) is 2. The van der Waals surface area contributed by atoms with Crippen molar-refractivity contribution in [2.45, 2.75) is 12.8 Å². The molecule has 0 aliphatic carbocycles. The molecule has 0 aromatic heterocycles. The second-order valence-electron chi connectivity index (χ2n) is 0.707. The quantitative estimate of drug-likeness (QED) is 0.533. The normalized spacial score (nSPS) is 12.4. The van der Waals surface area contributed by atoms with E-state index in [1.165, 1.54) is 0 Å². The molecule has 0 aromatic carbocycles. The first-order valence-corrected chi connectivity index (χ1v) is 1.69. The first-order chi connectivity index (χ1) is 3.64. The van der Waals surface area contributed by atoms with Crippen molar-refractivity contribution in [1.82, 2.24) is 0 Å². The Morgan fingerprint density at radius 1 is 1.12 bits per heavy atom. The van der Waals surface area contributed by atoms with Crippen molar-refractivity contribution < 1.29 is 23.4 Å². The maximum absolute atomic E-state index is 10.6. The second kappa shape index (κ2) is 6.71. The smallest absolute Gasteiger partial charge is 0.293 e. The molecule has 0 fully saturated rings. The molecular formula is C3H7F3O2. The molecule has 0 aromatic rings. The lowest BCUT2D eigenvalue weighted by atomic mass is 10.7. The molecule has 5 heteroatoms. The summed E-state index contributed by atoms with van der Waals surface area (Å²) in [6.45, 7) is 0. The highest BCUT2D eigenvalue weighted by Gasteiger charge is 2.12. The van der Waals surface area contributed by atoms with Crippen LogP contribution in [0.15, 0.2) is 0 Å². The van der Waals surface area contributed by atoms with E-state index in [1.807, 2.05) is 0 Å². The minimum Gasteiger partial charge on any atom is -0.400 e. The summed E-state index contributed by atoms with van der Waals surface area (Å²) in [5.74, 6) is 0. The molecular weight excluding hydrogens is 125 g/mol. The fraction of sp³-hybridized carbons (Fsp3) is 1.00. The summed E-state index contributed by atoms with van der Waals surface area (Å²) in [6, 6.07) is 0. The van der Waals surface area contributed by atoms with Gasteiger partial charge in [-0.15, -0.1) is 0 Å². The molecule has 0 aliphatic heterocycles. The van der Waals surface area contributed by atoms with Gasteiger partial charge in [0.2, 0.25) is 0 Å². The van der Waals surface area contributed by atoms with E-state index in [1.54, 1.807) is 0 Å². The van der Waals surface area contributed by atoms with Crippen LogP contribution in [-0.4, -0.2) is 30.1 Å². The molecule has 1 unspecified atom stereocenters. The molecule has 0 aliphatic rings. The largest absolute Gasteiger partial charge is 0.400 e. The summed E-state index contributed by atoms with van der Waals surface area (Å²) in [5.41, 5.74) is 0. The van der Waals surface area contributed by atoms with Crippen molar-refractivity contribution in [2.24, 2.45) is 0 Å². The molecule has 0 saturated heterocycles. The van der Waals surface area contributed by atoms with Crippen LogP contribution < -0.4 is 0 Å². The van der Waals surface area contributed by atoms with Gasteiger partial charge in [0, 0.05) is 7.11 Å². The lowest BCUT2D eigenvalue weighted by Crippen LogP contribution is -2.08. The summed E-state index contributed by atoms with van der Waals surface area (Å²) in [7, 11) is 1.00. The van der Waals surface area contributed by atoms with Crippen molar-refractivity contribution in [2.75, 3.05) is 7.11 Å². The third kappa shape index (κ3) is 9.20. The van der Waals surface area contributed by atoms with Crippen molar-refractivity contribution in [3.05, 3.63) is 0 Å². The van der Waals surface area contributed by atoms with Gasteiger partial charge in [0.05, 0.1) is 0 Å². The lowest BCUT2D eigenvalue weighted by molar-refractivity contribution is -0.0843. The van der Waals surface area contributed by atoms with Crippen molar-refractivity contribution in [3.8, 4) is 0 Å². The van der Waals surface area contributed by atoms with Gasteiger partial charge in [-0.1, -0.05) is 0 Å². The van der Waals surface area contributed by atoms with Gasteiger partial charge in [-0.25, -0.2) is 13.2 Å². The molecule has 0 radical (unpaired) electrons. The topological polar surface area (TPSA) is 40.5 Å². The van der Waals surface area contributed by atoms with Crippen LogP contribution in [0.2, 0.25) is 0 Å². The number of rotatable bonds is 1. The van der Waals surface area contributed by atoms with Crippen LogP contribution >= 0.6 is 0 Å². The van der Waals surface area contributed by atoms with E-state index in [9.17, 15) is 13.2 Å². The van der Waals surface area contributed by atoms with E-state index in [4.69, 9.17) is 10.2 Å². The number of hydrogen-bond donors (Lipinski definition) is 2. The van der Waals surface area contributed by atoms with E-state index in [0.29, 0.717) is 0 Å². The van der Waals surface area contributed by atoms with Crippen LogP contribution in [0.1, 0.15) is 0 Å². The van der Waals surface area contributed by atoms with Gasteiger partial charge in [0.15, 0.2) is 0 Å². The van der Waals surface area contributed by atoms with Crippen LogP contribution in [0.3, 0.4) is 0 Å². The first kappa shape index (κ1) is 10.6. The molecule has 52 valence electrons. The van der Waals surface area contributed by atoms with Gasteiger partial charge in [-0.05, 0) is 0 Å². The number of aliphatic hydroxyl groups is 2. The van der Waals surface area contributed by atoms with Crippen LogP contribution in [0.25, 0.3) is 0 Å². The lowest BCUT2D eigenvalue weighted by Gasteiger charge is -1.92. The molecule has 2 N–H and O–H groups in total. The van der Waals surface area contributed by atoms with E-state index >= 15 is 0 Å². The zero-order valence-corrected chi connectivity index (χ0v) is 4.18. The average molecular weight is 132 g/mol. The predicted molar refractivity (Wildman–Crippen MR) is 21.3 cm³/mol. The standard InChI is InChI=1S/C2H3F3O.CH4O/c3-1(4)2(5)6;1-2/h1-2,6H;2H,1H3. The minimum atomic E-state index is -3.26. The highest BCUT2D eigenvalue weighted by Crippen LogP contribution is 1.98. The summed E-state index contributed by atoms with van der Waals surface area (Å²) >= 11 is 0. The molecule has 2 nitrogen and oxygen atoms in total. The van der Waals surface area contributed by atoms with E-state index in [0.717, 1.165) is 7.11 Å². The van der Waals surface area contributed by atoms with Gasteiger partial charge < -0.3 is 10.2 Å². The van der Waals surface area contributed by atoms with Gasteiger partial charge in [0.25, 0.3) is 12.8 Å². The van der Waals surface area contributed by atoms with Crippen LogP contribution in [0.5, 0.6) is 0 Å². The van der Waals surface area contributed by atoms with E-state index in [2.05, 4.69) is 0 Å². The summed E-state index contributed by atoms with van der Waals surface area (Å²) in [6.07, 6.45) is -6.24. The molecule has 8 heavy (non-hydrogen) atoms. The maximum Gasteiger partial charge on any atom is 0.293 e. The van der Waals surface area contributed by atoms with E-state index in [-0.39, 0.29) is 0 Å². The Bertz CT molecular complexity index is 33.5. The fourth-order valence-corrected chi connectivity index (χ4v) is 0. The highest BCUT2D eigenvalue weighted by molar-refractivity contribution is 4.34. The van der Waals surface area contributed by atoms with Crippen molar-refractivity contribution in [3.63, 3.8) is 0 Å². The second-order valence-corrected chi connectivity index (χ2v) is 0.707. The van der Waals surface area contributed by atoms with Gasteiger partial charge in [-0.3, -0.25) is 0 Å². The Morgan fingerprint density at radius 2 is 1.25 bits per heavy atom. The molecule has 0 rings (SSSR count). The number of halogens is 3. The molecule has 1 atom stereocenters. The third-order valence-electron chi connectivity index (χ3n) is 0.208. The number of aliphatic hydroxyl groups excluding tert-OH is 2. The van der Waals surface area contributed by atoms with Crippen LogP contribution in [0, 0.1) is 0 Å². The summed E-state index contributed by atoms with van der Waals surface area (Å²) in [5, 5.41) is 14.2. The van der Waals surface area contributed by atoms with Gasteiger partial charge in [0.1, 0.15) is 0 Å². The average Bonchev–Trinajstić information content (AvgIpc) is 1.72. The third-order valence-corrected chi connectivity index (χ3v) is 0.208. The van der Waals surface area contributed by atoms with Crippen molar-refractivity contribution in [1.29, 1.82) is 0 Å². The Morgan fingerprint density at radius 3 is 1.25 bits per heavy atom. The van der Waals surface area contributed by atoms with Gasteiger partial charge in [-0.2, -0.15) is 0 Å². The molecule has 0 spiro atoms. The first-order valence-electron chi connectivity index (χ1n) is 1.69. The predicted octanol–water partition coefficient (Wildman–Crippen LogP) is 0.148. The number of alkyl halides is 3. The molecule has 0 saturated carbocycles. The van der Waals surface area contributed by atoms with E-state index < -0.39 is 12.8 Å². The molecule has 0 amide bonds. The Labute approximate surface area is 44.6 Å². The Hall–Kier alpha value is -0.290. The fourth-order valence-electron chi connectivity index (χ4n) is 0. The summed E-state index contributed by atoms with van der Waals surface area (Å²) < 4.78 is 31.7. The minimum absolute atomic E-state index is 1.00. The zero-order valence-electron chi connectivity index (χ0n) is 4.18. The Balaban J connectivity index is 0. The molecule has 0 heterocycles. The van der Waals surface area contributed by atoms with Crippen molar-refractivity contribution >= 4 is 0 Å². The summed E-state index contributed by atoms with van der Waals surface area (Å²) in [4.78, 5) is 0. The molecule has 0 bridgehead atoms. The maximum atomic E-state index is 10.6. The van der Waals surface area contributed by atoms with Crippen LogP contribution in [0.4, 0.5) is 13.2 Å². The zero-order chi connectivity index (χ0) is 7.15. The monoisotopic (exact) mass is 132 g/mol. The van der Waals surface area contributed by atoms with Gasteiger partial charge >= 0.3 is 0 Å². The highest BCUT2D eigenvalue weighted by atomic mass is 19.3. The SMILES string of the molecule is CO.OC(F)C(F)F. The van der Waals surface area contributed by atoms with Crippen LogP contribution in [-0.2, 0) is 0 Å².